The van der Waals surface area contributed by atoms with Gasteiger partial charge in [0.1, 0.15) is 5.75 Å². The molecule has 2 amide bonds. The molecule has 1 saturated heterocycles. The van der Waals surface area contributed by atoms with E-state index in [1.54, 1.807) is 62.6 Å². The van der Waals surface area contributed by atoms with Gasteiger partial charge in [0, 0.05) is 42.6 Å². The van der Waals surface area contributed by atoms with Crippen LogP contribution in [0.3, 0.4) is 0 Å². The number of ether oxygens (including phenoxy) is 1. The lowest BCUT2D eigenvalue weighted by Crippen LogP contribution is -2.49. The highest BCUT2D eigenvalue weighted by Gasteiger charge is 2.31. The van der Waals surface area contributed by atoms with E-state index in [1.807, 2.05) is 4.90 Å². The van der Waals surface area contributed by atoms with Gasteiger partial charge < -0.3 is 15.0 Å². The average molecular weight is 416 g/mol. The second-order valence-electron chi connectivity index (χ2n) is 7.75. The molecule has 2 heterocycles. The van der Waals surface area contributed by atoms with Crippen LogP contribution in [0.5, 0.6) is 5.75 Å². The lowest BCUT2D eigenvalue weighted by molar-refractivity contribution is -0.134. The van der Waals surface area contributed by atoms with E-state index in [1.165, 1.54) is 0 Å². The van der Waals surface area contributed by atoms with Crippen molar-refractivity contribution >= 4 is 23.4 Å². The van der Waals surface area contributed by atoms with E-state index in [-0.39, 0.29) is 11.8 Å². The molecule has 7 heteroatoms. The molecule has 0 unspecified atom stereocenters. The topological polar surface area (TPSA) is 71.5 Å². The largest absolute Gasteiger partial charge is 0.478 e. The number of aromatic nitrogens is 1. The Balaban J connectivity index is 1.45. The van der Waals surface area contributed by atoms with Gasteiger partial charge in [-0.3, -0.25) is 14.6 Å². The molecule has 3 rings (SSSR count). The first-order valence-corrected chi connectivity index (χ1v) is 10.1. The number of rotatable bonds is 6. The van der Waals surface area contributed by atoms with Crippen molar-refractivity contribution in [2.24, 2.45) is 5.92 Å². The maximum atomic E-state index is 12.6. The van der Waals surface area contributed by atoms with Crippen molar-refractivity contribution in [3.8, 4) is 5.75 Å². The molecule has 1 fully saturated rings. The molecule has 1 aromatic heterocycles. The first kappa shape index (κ1) is 21.1. The minimum absolute atomic E-state index is 0.0346. The van der Waals surface area contributed by atoms with Crippen LogP contribution >= 0.6 is 11.6 Å². The molecule has 2 aromatic rings. The van der Waals surface area contributed by atoms with Crippen LogP contribution in [-0.2, 0) is 4.79 Å². The molecule has 1 N–H and O–H groups in total. The van der Waals surface area contributed by atoms with Gasteiger partial charge in [0.25, 0.3) is 11.8 Å². The molecule has 0 spiro atoms. The number of nitrogens with zero attached hydrogens (tertiary/aromatic N) is 2. The zero-order valence-electron chi connectivity index (χ0n) is 16.7. The Bertz CT molecular complexity index is 832. The van der Waals surface area contributed by atoms with E-state index >= 15 is 0 Å². The van der Waals surface area contributed by atoms with Gasteiger partial charge in [-0.05, 0) is 69.0 Å². The van der Waals surface area contributed by atoms with Crippen LogP contribution in [0.4, 0.5) is 0 Å². The Hall–Kier alpha value is -2.60. The fourth-order valence-corrected chi connectivity index (χ4v) is 3.44. The van der Waals surface area contributed by atoms with Crippen LogP contribution in [0.15, 0.2) is 48.8 Å². The van der Waals surface area contributed by atoms with E-state index < -0.39 is 5.60 Å². The number of amides is 2. The summed E-state index contributed by atoms with van der Waals surface area (Å²) in [6, 6.07) is 10.4. The van der Waals surface area contributed by atoms with Crippen molar-refractivity contribution in [2.45, 2.75) is 32.3 Å². The summed E-state index contributed by atoms with van der Waals surface area (Å²) in [6.07, 6.45) is 4.97. The Morgan fingerprint density at radius 3 is 2.38 bits per heavy atom. The van der Waals surface area contributed by atoms with Crippen LogP contribution in [0.25, 0.3) is 0 Å². The number of pyridine rings is 1. The van der Waals surface area contributed by atoms with Gasteiger partial charge >= 0.3 is 0 Å². The number of hydrogen-bond donors (Lipinski definition) is 1. The number of carbonyl (C=O) groups is 2. The summed E-state index contributed by atoms with van der Waals surface area (Å²) in [5, 5.41) is 3.62. The highest BCUT2D eigenvalue weighted by molar-refractivity contribution is 6.30. The number of halogens is 1. The van der Waals surface area contributed by atoms with Crippen LogP contribution < -0.4 is 10.1 Å². The van der Waals surface area contributed by atoms with Crippen molar-refractivity contribution in [2.75, 3.05) is 19.6 Å². The maximum absolute atomic E-state index is 12.6. The molecule has 6 nitrogen and oxygen atoms in total. The van der Waals surface area contributed by atoms with E-state index in [0.29, 0.717) is 41.9 Å². The molecule has 0 bridgehead atoms. The first-order chi connectivity index (χ1) is 13.8. The minimum atomic E-state index is -0.994. The fourth-order valence-electron chi connectivity index (χ4n) is 3.31. The second kappa shape index (κ2) is 9.27. The predicted molar refractivity (Wildman–Crippen MR) is 112 cm³/mol. The third-order valence-electron chi connectivity index (χ3n) is 5.11. The smallest absolute Gasteiger partial charge is 0.263 e. The van der Waals surface area contributed by atoms with Crippen LogP contribution in [-0.4, -0.2) is 46.9 Å². The summed E-state index contributed by atoms with van der Waals surface area (Å²) in [4.78, 5) is 30.9. The maximum Gasteiger partial charge on any atom is 0.263 e. The van der Waals surface area contributed by atoms with E-state index in [0.717, 1.165) is 12.8 Å². The summed E-state index contributed by atoms with van der Waals surface area (Å²) in [7, 11) is 0. The van der Waals surface area contributed by atoms with Crippen molar-refractivity contribution in [1.29, 1.82) is 0 Å². The van der Waals surface area contributed by atoms with Crippen LogP contribution in [0.2, 0.25) is 5.02 Å². The number of benzene rings is 1. The van der Waals surface area contributed by atoms with Gasteiger partial charge in [-0.25, -0.2) is 0 Å². The monoisotopic (exact) mass is 415 g/mol. The lowest BCUT2D eigenvalue weighted by Gasteiger charge is -2.33. The van der Waals surface area contributed by atoms with Gasteiger partial charge in [0.15, 0.2) is 5.60 Å². The number of carbonyl (C=O) groups excluding carboxylic acids is 2. The summed E-state index contributed by atoms with van der Waals surface area (Å²) in [6.45, 7) is 5.43. The molecule has 154 valence electrons. The summed E-state index contributed by atoms with van der Waals surface area (Å²) < 4.78 is 5.83. The van der Waals surface area contributed by atoms with Crippen molar-refractivity contribution < 1.29 is 14.3 Å². The molecule has 0 radical (unpaired) electrons. The number of hydrogen-bond acceptors (Lipinski definition) is 4. The lowest BCUT2D eigenvalue weighted by atomic mass is 9.96. The zero-order chi connectivity index (χ0) is 20.9. The molecular formula is C22H26ClN3O3. The van der Waals surface area contributed by atoms with Crippen LogP contribution in [0.1, 0.15) is 37.0 Å². The second-order valence-corrected chi connectivity index (χ2v) is 8.18. The molecule has 0 aliphatic carbocycles. The average Bonchev–Trinajstić information content (AvgIpc) is 2.74. The minimum Gasteiger partial charge on any atom is -0.478 e. The third-order valence-corrected chi connectivity index (χ3v) is 5.37. The zero-order valence-corrected chi connectivity index (χ0v) is 17.5. The Kier molecular flexibility index (Phi) is 6.75. The molecule has 29 heavy (non-hydrogen) atoms. The molecule has 1 aliphatic heterocycles. The first-order valence-electron chi connectivity index (χ1n) is 9.77. The van der Waals surface area contributed by atoms with Gasteiger partial charge in [-0.2, -0.15) is 0 Å². The number of piperidine rings is 1. The summed E-state index contributed by atoms with van der Waals surface area (Å²) in [5.41, 5.74) is -0.334. The van der Waals surface area contributed by atoms with E-state index in [2.05, 4.69) is 10.3 Å². The number of nitrogens with one attached hydrogen (secondary N) is 1. The summed E-state index contributed by atoms with van der Waals surface area (Å²) >= 11 is 5.88. The Morgan fingerprint density at radius 1 is 1.14 bits per heavy atom. The van der Waals surface area contributed by atoms with Crippen molar-refractivity contribution in [1.82, 2.24) is 15.2 Å². The third kappa shape index (κ3) is 5.70. The highest BCUT2D eigenvalue weighted by Crippen LogP contribution is 2.22. The predicted octanol–water partition coefficient (Wildman–Crippen LogP) is 3.56. The standard InChI is InChI=1S/C22H26ClN3O3/c1-22(2,29-19-5-3-18(23)4-6-19)21(28)25-15-16-9-13-26(14-10-16)20(27)17-7-11-24-12-8-17/h3-8,11-12,16H,9-10,13-15H2,1-2H3,(H,25,28). The van der Waals surface area contributed by atoms with Crippen molar-refractivity contribution in [3.63, 3.8) is 0 Å². The quantitative estimate of drug-likeness (QED) is 0.783. The molecule has 0 atom stereocenters. The highest BCUT2D eigenvalue weighted by atomic mass is 35.5. The van der Waals surface area contributed by atoms with Crippen molar-refractivity contribution in [3.05, 3.63) is 59.4 Å². The van der Waals surface area contributed by atoms with Gasteiger partial charge in [0.2, 0.25) is 0 Å². The molecule has 1 aliphatic rings. The molecular weight excluding hydrogens is 390 g/mol. The summed E-state index contributed by atoms with van der Waals surface area (Å²) in [5.74, 6) is 0.805. The van der Waals surface area contributed by atoms with Gasteiger partial charge in [-0.1, -0.05) is 11.6 Å². The Morgan fingerprint density at radius 2 is 1.76 bits per heavy atom. The van der Waals surface area contributed by atoms with Gasteiger partial charge in [0.05, 0.1) is 0 Å². The Labute approximate surface area is 176 Å². The van der Waals surface area contributed by atoms with E-state index in [4.69, 9.17) is 16.3 Å². The normalized spacial score (nSPS) is 15.1. The van der Waals surface area contributed by atoms with Gasteiger partial charge in [-0.15, -0.1) is 0 Å². The molecule has 1 aromatic carbocycles. The number of likely N-dealkylation sites (tertiary alicyclic amines) is 1. The van der Waals surface area contributed by atoms with E-state index in [9.17, 15) is 9.59 Å². The van der Waals surface area contributed by atoms with Crippen LogP contribution in [0, 0.1) is 5.92 Å². The molecule has 0 saturated carbocycles. The fraction of sp³-hybridized carbons (Fsp3) is 0.409. The SMILES string of the molecule is CC(C)(Oc1ccc(Cl)cc1)C(=O)NCC1CCN(C(=O)c2ccncc2)CC1.